The van der Waals surface area contributed by atoms with Crippen LogP contribution in [0.15, 0.2) is 0 Å². The molecule has 0 amide bonds. The predicted octanol–water partition coefficient (Wildman–Crippen LogP) is -0.294. The lowest BCUT2D eigenvalue weighted by Crippen LogP contribution is -2.57. The summed E-state index contributed by atoms with van der Waals surface area (Å²) in [7, 11) is 0. The van der Waals surface area contributed by atoms with Gasteiger partial charge >= 0.3 is 0 Å². The van der Waals surface area contributed by atoms with E-state index in [9.17, 15) is 15.3 Å². The van der Waals surface area contributed by atoms with Gasteiger partial charge in [0.05, 0.1) is 44.6 Å². The van der Waals surface area contributed by atoms with E-state index in [-0.39, 0.29) is 19.8 Å². The summed E-state index contributed by atoms with van der Waals surface area (Å²) in [5, 5.41) is 59.3. The third-order valence-corrected chi connectivity index (χ3v) is 7.46. The minimum Gasteiger partial charge on any atom is -0.396 e. The molecular formula is C28H60N4O8. The Labute approximate surface area is 241 Å². The molecule has 0 spiro atoms. The van der Waals surface area contributed by atoms with Crippen LogP contribution in [0.4, 0.5) is 0 Å². The first-order valence-electron chi connectivity index (χ1n) is 15.4. The molecule has 0 aromatic carbocycles. The van der Waals surface area contributed by atoms with E-state index in [4.69, 9.17) is 25.0 Å². The Kier molecular flexibility index (Phi) is 22.5. The fourth-order valence-electron chi connectivity index (χ4n) is 4.98. The minimum absolute atomic E-state index is 0.112. The van der Waals surface area contributed by atoms with Crippen LogP contribution < -0.4 is 5.48 Å². The van der Waals surface area contributed by atoms with E-state index < -0.39 is 18.3 Å². The van der Waals surface area contributed by atoms with Gasteiger partial charge in [0.2, 0.25) is 0 Å². The van der Waals surface area contributed by atoms with Crippen molar-refractivity contribution in [2.45, 2.75) is 102 Å². The SMILES string of the molecule is CC1CN(CCON(CC(O)CCCCO)CC(O)CCCCO)C(C)CN1CCONCC(O)CCCCO. The van der Waals surface area contributed by atoms with Crippen molar-refractivity contribution in [2.75, 3.05) is 78.8 Å². The maximum absolute atomic E-state index is 10.4. The zero-order valence-electron chi connectivity index (χ0n) is 25.1. The first-order chi connectivity index (χ1) is 19.3. The molecule has 12 heteroatoms. The molecule has 0 aromatic rings. The lowest BCUT2D eigenvalue weighted by atomic mass is 10.1. The van der Waals surface area contributed by atoms with Gasteiger partial charge in [-0.2, -0.15) is 10.5 Å². The van der Waals surface area contributed by atoms with Crippen molar-refractivity contribution in [3.8, 4) is 0 Å². The smallest absolute Gasteiger partial charge is 0.0812 e. The molecule has 240 valence electrons. The number of hydrogen-bond acceptors (Lipinski definition) is 12. The Morgan fingerprint density at radius 1 is 0.700 bits per heavy atom. The summed E-state index contributed by atoms with van der Waals surface area (Å²) in [5.74, 6) is 0. The summed E-state index contributed by atoms with van der Waals surface area (Å²) in [4.78, 5) is 16.4. The van der Waals surface area contributed by atoms with E-state index in [1.54, 1.807) is 5.06 Å². The Morgan fingerprint density at radius 2 is 1.15 bits per heavy atom. The quantitative estimate of drug-likeness (QED) is 0.0530. The molecular weight excluding hydrogens is 520 g/mol. The maximum Gasteiger partial charge on any atom is 0.0812 e. The van der Waals surface area contributed by atoms with E-state index >= 15 is 0 Å². The highest BCUT2D eigenvalue weighted by atomic mass is 16.7. The Balaban J connectivity index is 2.39. The molecule has 5 atom stereocenters. The van der Waals surface area contributed by atoms with Gasteiger partial charge in [-0.25, -0.2) is 0 Å². The second kappa shape index (κ2) is 24.0. The molecule has 1 heterocycles. The lowest BCUT2D eigenvalue weighted by molar-refractivity contribution is -0.191. The number of unbranched alkanes of at least 4 members (excludes halogenated alkanes) is 3. The molecule has 0 aliphatic carbocycles. The molecule has 0 aromatic heterocycles. The van der Waals surface area contributed by atoms with Gasteiger partial charge in [-0.1, -0.05) is 0 Å². The third kappa shape index (κ3) is 18.1. The van der Waals surface area contributed by atoms with Gasteiger partial charge in [-0.15, -0.1) is 0 Å². The van der Waals surface area contributed by atoms with E-state index in [2.05, 4.69) is 29.1 Å². The Bertz CT molecular complexity index is 564. The van der Waals surface area contributed by atoms with Crippen molar-refractivity contribution in [1.82, 2.24) is 20.3 Å². The van der Waals surface area contributed by atoms with Crippen LogP contribution in [0.2, 0.25) is 0 Å². The molecule has 12 nitrogen and oxygen atoms in total. The van der Waals surface area contributed by atoms with Gasteiger partial charge in [-0.3, -0.25) is 14.6 Å². The van der Waals surface area contributed by atoms with Crippen LogP contribution in [0.3, 0.4) is 0 Å². The van der Waals surface area contributed by atoms with Crippen molar-refractivity contribution in [3.63, 3.8) is 0 Å². The van der Waals surface area contributed by atoms with Crippen LogP contribution in [0, 0.1) is 0 Å². The van der Waals surface area contributed by atoms with Crippen molar-refractivity contribution in [2.24, 2.45) is 0 Å². The molecule has 1 rings (SSSR count). The molecule has 40 heavy (non-hydrogen) atoms. The van der Waals surface area contributed by atoms with Crippen LogP contribution in [0.1, 0.15) is 71.6 Å². The van der Waals surface area contributed by atoms with Gasteiger partial charge < -0.3 is 35.5 Å². The largest absolute Gasteiger partial charge is 0.396 e. The fourth-order valence-corrected chi connectivity index (χ4v) is 4.98. The molecule has 0 saturated carbocycles. The van der Waals surface area contributed by atoms with E-state index in [0.29, 0.717) is 83.5 Å². The van der Waals surface area contributed by atoms with Crippen LogP contribution >= 0.6 is 0 Å². The third-order valence-electron chi connectivity index (χ3n) is 7.46. The van der Waals surface area contributed by atoms with E-state index in [0.717, 1.165) is 45.4 Å². The highest BCUT2D eigenvalue weighted by Gasteiger charge is 2.29. The minimum atomic E-state index is -0.593. The number of aliphatic hydroxyl groups is 6. The van der Waals surface area contributed by atoms with Crippen molar-refractivity contribution in [3.05, 3.63) is 0 Å². The van der Waals surface area contributed by atoms with E-state index in [1.165, 1.54) is 0 Å². The van der Waals surface area contributed by atoms with Gasteiger partial charge in [-0.05, 0) is 71.6 Å². The predicted molar refractivity (Wildman–Crippen MR) is 154 cm³/mol. The second-order valence-corrected chi connectivity index (χ2v) is 11.2. The average Bonchev–Trinajstić information content (AvgIpc) is 2.91. The lowest BCUT2D eigenvalue weighted by Gasteiger charge is -2.44. The van der Waals surface area contributed by atoms with Gasteiger partial charge in [0.25, 0.3) is 0 Å². The summed E-state index contributed by atoms with van der Waals surface area (Å²) in [6.07, 6.45) is 4.40. The fraction of sp³-hybridized carbons (Fsp3) is 1.00. The Hall–Kier alpha value is -0.480. The molecule has 0 radical (unpaired) electrons. The van der Waals surface area contributed by atoms with Crippen molar-refractivity contribution in [1.29, 1.82) is 0 Å². The highest BCUT2D eigenvalue weighted by molar-refractivity contribution is 4.84. The normalized spacial score (nSPS) is 21.2. The molecule has 1 fully saturated rings. The monoisotopic (exact) mass is 580 g/mol. The molecule has 1 aliphatic rings. The second-order valence-electron chi connectivity index (χ2n) is 11.2. The van der Waals surface area contributed by atoms with Gasteiger partial charge in [0.1, 0.15) is 0 Å². The number of nitrogens with zero attached hydrogens (tertiary/aromatic N) is 3. The molecule has 7 N–H and O–H groups in total. The molecule has 0 bridgehead atoms. The number of hydroxylamine groups is 3. The standard InChI is InChI=1S/C28H60N4O8/c1-24-21-31(25(2)20-30(24)12-17-39-29-19-26(36)9-3-6-14-33)13-18-40-32(22-27(37)10-4-7-15-34)23-28(38)11-5-8-16-35/h24-29,33-38H,3-23H2,1-2H3. The molecule has 5 unspecified atom stereocenters. The summed E-state index contributed by atoms with van der Waals surface area (Å²) in [5.41, 5.74) is 2.85. The van der Waals surface area contributed by atoms with Crippen molar-refractivity contribution < 1.29 is 40.3 Å². The number of hydrogen-bond donors (Lipinski definition) is 7. The number of aliphatic hydroxyl groups excluding tert-OH is 6. The van der Waals surface area contributed by atoms with Gasteiger partial charge in [0.15, 0.2) is 0 Å². The maximum atomic E-state index is 10.4. The number of piperazine rings is 1. The van der Waals surface area contributed by atoms with Gasteiger partial charge in [0, 0.05) is 64.6 Å². The number of nitrogens with one attached hydrogen (secondary N) is 1. The Morgan fingerprint density at radius 3 is 1.62 bits per heavy atom. The first-order valence-corrected chi connectivity index (χ1v) is 15.4. The first kappa shape index (κ1) is 37.5. The molecule has 1 saturated heterocycles. The van der Waals surface area contributed by atoms with Crippen LogP contribution in [-0.4, -0.2) is 155 Å². The number of rotatable bonds is 26. The van der Waals surface area contributed by atoms with Crippen molar-refractivity contribution >= 4 is 0 Å². The zero-order valence-corrected chi connectivity index (χ0v) is 25.1. The molecule has 1 aliphatic heterocycles. The van der Waals surface area contributed by atoms with Crippen LogP contribution in [0.25, 0.3) is 0 Å². The summed E-state index contributed by atoms with van der Waals surface area (Å²) in [6, 6.07) is 0.685. The van der Waals surface area contributed by atoms with Crippen LogP contribution in [0.5, 0.6) is 0 Å². The topological polar surface area (TPSA) is 162 Å². The highest BCUT2D eigenvalue weighted by Crippen LogP contribution is 2.15. The van der Waals surface area contributed by atoms with Crippen LogP contribution in [-0.2, 0) is 9.68 Å². The van der Waals surface area contributed by atoms with E-state index in [1.807, 2.05) is 0 Å². The summed E-state index contributed by atoms with van der Waals surface area (Å²) >= 11 is 0. The summed E-state index contributed by atoms with van der Waals surface area (Å²) < 4.78 is 0. The summed E-state index contributed by atoms with van der Waals surface area (Å²) in [6.45, 7) is 10.1. The average molecular weight is 581 g/mol. The zero-order chi connectivity index (χ0) is 29.6.